The third-order valence-electron chi connectivity index (χ3n) is 3.43. The lowest BCUT2D eigenvalue weighted by atomic mass is 9.87. The van der Waals surface area contributed by atoms with Crippen LogP contribution in [0.5, 0.6) is 0 Å². The summed E-state index contributed by atoms with van der Waals surface area (Å²) in [7, 11) is 0. The monoisotopic (exact) mass is 252 g/mol. The molecular formula is C13H20N2OS. The summed E-state index contributed by atoms with van der Waals surface area (Å²) in [5.74, 6) is 0.197. The number of amides is 1. The minimum atomic E-state index is 0.0501. The van der Waals surface area contributed by atoms with E-state index in [4.69, 9.17) is 5.73 Å². The van der Waals surface area contributed by atoms with Gasteiger partial charge >= 0.3 is 0 Å². The second-order valence-electron chi connectivity index (χ2n) is 4.66. The Bertz CT molecular complexity index is 389. The Kier molecular flexibility index (Phi) is 4.18. The van der Waals surface area contributed by atoms with E-state index >= 15 is 0 Å². The van der Waals surface area contributed by atoms with E-state index in [0.717, 1.165) is 25.7 Å². The van der Waals surface area contributed by atoms with Gasteiger partial charge in [-0.25, -0.2) is 0 Å². The highest BCUT2D eigenvalue weighted by molar-refractivity contribution is 7.10. The number of fused-ring (bicyclic) bond motifs is 1. The second kappa shape index (κ2) is 5.65. The molecule has 1 aliphatic carbocycles. The van der Waals surface area contributed by atoms with Crippen LogP contribution >= 0.6 is 11.3 Å². The standard InChI is InChI=1S/C13H20N2OS/c1-2-9(14)8-15-13(16)11-4-3-5-12-10(11)6-7-17-12/h6-7,9,11H,2-5,8,14H2,1H3,(H,15,16). The molecule has 0 aliphatic heterocycles. The van der Waals surface area contributed by atoms with E-state index in [1.807, 2.05) is 6.92 Å². The molecule has 1 amide bonds. The molecule has 0 bridgehead atoms. The molecule has 3 nitrogen and oxygen atoms in total. The molecule has 2 atom stereocenters. The molecule has 3 N–H and O–H groups in total. The van der Waals surface area contributed by atoms with Crippen LogP contribution in [-0.4, -0.2) is 18.5 Å². The van der Waals surface area contributed by atoms with Crippen LogP contribution in [0.25, 0.3) is 0 Å². The maximum Gasteiger partial charge on any atom is 0.227 e. The number of carbonyl (C=O) groups is 1. The largest absolute Gasteiger partial charge is 0.354 e. The molecule has 0 aromatic carbocycles. The van der Waals surface area contributed by atoms with Gasteiger partial charge in [0.05, 0.1) is 5.92 Å². The molecule has 0 saturated carbocycles. The summed E-state index contributed by atoms with van der Waals surface area (Å²) >= 11 is 1.77. The van der Waals surface area contributed by atoms with Gasteiger partial charge in [-0.15, -0.1) is 11.3 Å². The molecular weight excluding hydrogens is 232 g/mol. The van der Waals surface area contributed by atoms with Gasteiger partial charge in [0.15, 0.2) is 0 Å². The maximum atomic E-state index is 12.1. The number of hydrogen-bond donors (Lipinski definition) is 2. The highest BCUT2D eigenvalue weighted by atomic mass is 32.1. The molecule has 0 saturated heterocycles. The first-order chi connectivity index (χ1) is 8.22. The number of hydrogen-bond acceptors (Lipinski definition) is 3. The summed E-state index contributed by atoms with van der Waals surface area (Å²) in [6.45, 7) is 2.62. The van der Waals surface area contributed by atoms with Gasteiger partial charge in [0, 0.05) is 17.5 Å². The molecule has 0 radical (unpaired) electrons. The van der Waals surface area contributed by atoms with Crippen LogP contribution < -0.4 is 11.1 Å². The summed E-state index contributed by atoms with van der Waals surface area (Å²) in [5.41, 5.74) is 7.05. The zero-order valence-electron chi connectivity index (χ0n) is 10.2. The Morgan fingerprint density at radius 1 is 1.71 bits per heavy atom. The van der Waals surface area contributed by atoms with Crippen LogP contribution in [0, 0.1) is 0 Å². The lowest BCUT2D eigenvalue weighted by Crippen LogP contribution is -2.39. The fourth-order valence-corrected chi connectivity index (χ4v) is 3.25. The summed E-state index contributed by atoms with van der Waals surface area (Å²) in [6.07, 6.45) is 4.11. The zero-order chi connectivity index (χ0) is 12.3. The molecule has 2 unspecified atom stereocenters. The Balaban J connectivity index is 1.97. The molecule has 1 aromatic rings. The normalized spacial score (nSPS) is 20.7. The van der Waals surface area contributed by atoms with Gasteiger partial charge in [0.25, 0.3) is 0 Å². The molecule has 1 aromatic heterocycles. The number of thiophene rings is 1. The maximum absolute atomic E-state index is 12.1. The quantitative estimate of drug-likeness (QED) is 0.861. The van der Waals surface area contributed by atoms with Crippen LogP contribution in [-0.2, 0) is 11.2 Å². The first-order valence-corrected chi connectivity index (χ1v) is 7.20. The van der Waals surface area contributed by atoms with Crippen LogP contribution in [0.1, 0.15) is 42.5 Å². The van der Waals surface area contributed by atoms with Gasteiger partial charge in [0.1, 0.15) is 0 Å². The number of aryl methyl sites for hydroxylation is 1. The average molecular weight is 252 g/mol. The van der Waals surface area contributed by atoms with Crippen molar-refractivity contribution >= 4 is 17.2 Å². The Hall–Kier alpha value is -0.870. The SMILES string of the molecule is CCC(N)CNC(=O)C1CCCc2sccc21. The second-order valence-corrected chi connectivity index (χ2v) is 5.66. The van der Waals surface area contributed by atoms with Crippen molar-refractivity contribution < 1.29 is 4.79 Å². The molecule has 4 heteroatoms. The number of rotatable bonds is 4. The Labute approximate surface area is 106 Å². The van der Waals surface area contributed by atoms with Crippen molar-refractivity contribution in [1.29, 1.82) is 0 Å². The van der Waals surface area contributed by atoms with Crippen molar-refractivity contribution in [3.63, 3.8) is 0 Å². The number of nitrogens with one attached hydrogen (secondary N) is 1. The van der Waals surface area contributed by atoms with Crippen molar-refractivity contribution in [3.05, 3.63) is 21.9 Å². The van der Waals surface area contributed by atoms with E-state index in [2.05, 4.69) is 16.8 Å². The zero-order valence-corrected chi connectivity index (χ0v) is 11.1. The van der Waals surface area contributed by atoms with E-state index in [0.29, 0.717) is 6.54 Å². The number of nitrogens with two attached hydrogens (primary N) is 1. The van der Waals surface area contributed by atoms with Gasteiger partial charge < -0.3 is 11.1 Å². The molecule has 2 rings (SSSR count). The summed E-state index contributed by atoms with van der Waals surface area (Å²) < 4.78 is 0. The lowest BCUT2D eigenvalue weighted by Gasteiger charge is -2.22. The molecule has 1 heterocycles. The van der Waals surface area contributed by atoms with E-state index in [1.165, 1.54) is 10.4 Å². The highest BCUT2D eigenvalue weighted by Gasteiger charge is 2.27. The van der Waals surface area contributed by atoms with Crippen LogP contribution in [0.2, 0.25) is 0 Å². The van der Waals surface area contributed by atoms with E-state index in [-0.39, 0.29) is 17.9 Å². The van der Waals surface area contributed by atoms with Crippen LogP contribution in [0.15, 0.2) is 11.4 Å². The predicted octanol–water partition coefficient (Wildman–Crippen LogP) is 2.02. The van der Waals surface area contributed by atoms with Crippen molar-refractivity contribution in [2.45, 2.75) is 44.6 Å². The molecule has 0 fully saturated rings. The smallest absolute Gasteiger partial charge is 0.227 e. The molecule has 1 aliphatic rings. The fraction of sp³-hybridized carbons (Fsp3) is 0.615. The van der Waals surface area contributed by atoms with Crippen molar-refractivity contribution in [2.24, 2.45) is 5.73 Å². The van der Waals surface area contributed by atoms with E-state index in [1.54, 1.807) is 11.3 Å². The topological polar surface area (TPSA) is 55.1 Å². The Morgan fingerprint density at radius 2 is 2.53 bits per heavy atom. The van der Waals surface area contributed by atoms with E-state index < -0.39 is 0 Å². The minimum absolute atomic E-state index is 0.0501. The van der Waals surface area contributed by atoms with E-state index in [9.17, 15) is 4.79 Å². The van der Waals surface area contributed by atoms with Crippen LogP contribution in [0.4, 0.5) is 0 Å². The lowest BCUT2D eigenvalue weighted by molar-refractivity contribution is -0.122. The molecule has 0 spiro atoms. The van der Waals surface area contributed by atoms with Crippen molar-refractivity contribution in [2.75, 3.05) is 6.54 Å². The third kappa shape index (κ3) is 2.87. The summed E-state index contributed by atoms with van der Waals surface area (Å²) in [5, 5.41) is 5.07. The van der Waals surface area contributed by atoms with Crippen LogP contribution in [0.3, 0.4) is 0 Å². The van der Waals surface area contributed by atoms with Gasteiger partial charge in [-0.3, -0.25) is 4.79 Å². The first-order valence-electron chi connectivity index (χ1n) is 6.32. The first kappa shape index (κ1) is 12.6. The van der Waals surface area contributed by atoms with Crippen molar-refractivity contribution in [1.82, 2.24) is 5.32 Å². The Morgan fingerprint density at radius 3 is 3.29 bits per heavy atom. The summed E-state index contributed by atoms with van der Waals surface area (Å²) in [4.78, 5) is 13.5. The highest BCUT2D eigenvalue weighted by Crippen LogP contribution is 2.34. The van der Waals surface area contributed by atoms with Gasteiger partial charge in [-0.05, 0) is 42.7 Å². The average Bonchev–Trinajstić information content (AvgIpc) is 2.83. The number of carbonyl (C=O) groups excluding carboxylic acids is 1. The molecule has 94 valence electrons. The third-order valence-corrected chi connectivity index (χ3v) is 4.43. The van der Waals surface area contributed by atoms with Gasteiger partial charge in [-0.1, -0.05) is 6.92 Å². The van der Waals surface area contributed by atoms with Gasteiger partial charge in [-0.2, -0.15) is 0 Å². The molecule has 17 heavy (non-hydrogen) atoms. The minimum Gasteiger partial charge on any atom is -0.354 e. The van der Waals surface area contributed by atoms with Gasteiger partial charge in [0.2, 0.25) is 5.91 Å². The summed E-state index contributed by atoms with van der Waals surface area (Å²) in [6, 6.07) is 2.17. The predicted molar refractivity (Wildman–Crippen MR) is 71.3 cm³/mol. The fourth-order valence-electron chi connectivity index (χ4n) is 2.26. The van der Waals surface area contributed by atoms with Crippen molar-refractivity contribution in [3.8, 4) is 0 Å².